The van der Waals surface area contributed by atoms with Gasteiger partial charge in [-0.3, -0.25) is 0 Å². The maximum atomic E-state index is 10.7. The van der Waals surface area contributed by atoms with Crippen molar-refractivity contribution in [3.8, 4) is 22.8 Å². The van der Waals surface area contributed by atoms with Crippen LogP contribution in [0.1, 0.15) is 17.5 Å². The second-order valence-corrected chi connectivity index (χ2v) is 6.26. The minimum Gasteiger partial charge on any atom is -0.454 e. The van der Waals surface area contributed by atoms with E-state index in [1.165, 1.54) is 5.39 Å². The van der Waals surface area contributed by atoms with E-state index in [2.05, 4.69) is 34.2 Å². The third kappa shape index (κ3) is 2.50. The molecule has 26 heavy (non-hydrogen) atoms. The van der Waals surface area contributed by atoms with Crippen LogP contribution in [0.15, 0.2) is 66.9 Å². The molecule has 2 heterocycles. The molecule has 0 fully saturated rings. The fourth-order valence-corrected chi connectivity index (χ4v) is 3.22. The summed E-state index contributed by atoms with van der Waals surface area (Å²) in [6.45, 7) is 0.210. The van der Waals surface area contributed by atoms with Gasteiger partial charge in [0.15, 0.2) is 11.5 Å². The van der Waals surface area contributed by atoms with Gasteiger partial charge in [-0.2, -0.15) is 0 Å². The van der Waals surface area contributed by atoms with Gasteiger partial charge in [0.25, 0.3) is 0 Å². The highest BCUT2D eigenvalue weighted by Gasteiger charge is 2.19. The van der Waals surface area contributed by atoms with Crippen LogP contribution in [0.5, 0.6) is 11.5 Å². The molecule has 2 N–H and O–H groups in total. The van der Waals surface area contributed by atoms with Gasteiger partial charge in [-0.25, -0.2) is 4.98 Å². The molecule has 5 heteroatoms. The highest BCUT2D eigenvalue weighted by molar-refractivity contribution is 5.86. The van der Waals surface area contributed by atoms with E-state index in [0.717, 1.165) is 16.6 Å². The van der Waals surface area contributed by atoms with Crippen molar-refractivity contribution in [2.45, 2.75) is 6.10 Å². The van der Waals surface area contributed by atoms with Crippen LogP contribution in [0.4, 0.5) is 0 Å². The first-order valence-electron chi connectivity index (χ1n) is 8.40. The number of benzene rings is 3. The summed E-state index contributed by atoms with van der Waals surface area (Å²) in [5.41, 5.74) is 2.60. The van der Waals surface area contributed by atoms with Crippen molar-refractivity contribution >= 4 is 10.8 Å². The number of hydrogen-bond acceptors (Lipinski definition) is 4. The van der Waals surface area contributed by atoms with Crippen LogP contribution in [0.2, 0.25) is 0 Å². The predicted molar refractivity (Wildman–Crippen MR) is 98.2 cm³/mol. The number of nitrogens with one attached hydrogen (secondary N) is 1. The molecule has 1 unspecified atom stereocenters. The Hall–Kier alpha value is -3.31. The molecule has 1 aliphatic heterocycles. The second kappa shape index (κ2) is 5.89. The van der Waals surface area contributed by atoms with E-state index >= 15 is 0 Å². The molecule has 4 aromatic rings. The zero-order valence-corrected chi connectivity index (χ0v) is 13.8. The zero-order chi connectivity index (χ0) is 17.5. The number of nitrogens with zero attached hydrogens (tertiary/aromatic N) is 1. The number of H-pyrrole nitrogens is 1. The average Bonchev–Trinajstić information content (AvgIpc) is 3.36. The molecule has 1 atom stereocenters. The molecule has 0 saturated carbocycles. The first-order valence-corrected chi connectivity index (χ1v) is 8.40. The summed E-state index contributed by atoms with van der Waals surface area (Å²) in [5, 5.41) is 13.0. The van der Waals surface area contributed by atoms with E-state index in [1.54, 1.807) is 18.3 Å². The fourth-order valence-electron chi connectivity index (χ4n) is 3.22. The third-order valence-corrected chi connectivity index (χ3v) is 4.63. The second-order valence-electron chi connectivity index (χ2n) is 6.26. The van der Waals surface area contributed by atoms with Crippen LogP contribution >= 0.6 is 0 Å². The fraction of sp³-hybridized carbons (Fsp3) is 0.0952. The SMILES string of the molecule is OC(c1ccc2c(c1)OCO2)c1ncc(-c2ccc3ccccc3c2)[nH]1. The molecule has 0 amide bonds. The molecule has 0 aliphatic carbocycles. The number of rotatable bonds is 3. The van der Waals surface area contributed by atoms with Gasteiger partial charge in [-0.1, -0.05) is 42.5 Å². The minimum atomic E-state index is -0.862. The topological polar surface area (TPSA) is 67.4 Å². The minimum absolute atomic E-state index is 0.210. The summed E-state index contributed by atoms with van der Waals surface area (Å²) in [4.78, 5) is 7.59. The molecule has 0 saturated heterocycles. The van der Waals surface area contributed by atoms with Crippen LogP contribution in [-0.4, -0.2) is 21.9 Å². The van der Waals surface area contributed by atoms with E-state index in [4.69, 9.17) is 9.47 Å². The molecular formula is C21H16N2O3. The Morgan fingerprint density at radius 1 is 0.923 bits per heavy atom. The normalized spacial score (nSPS) is 13.9. The lowest BCUT2D eigenvalue weighted by Crippen LogP contribution is -2.02. The van der Waals surface area contributed by atoms with Gasteiger partial charge in [0.1, 0.15) is 11.9 Å². The first-order chi connectivity index (χ1) is 12.8. The van der Waals surface area contributed by atoms with Gasteiger partial charge in [0.05, 0.1) is 11.9 Å². The van der Waals surface area contributed by atoms with Crippen molar-refractivity contribution in [3.63, 3.8) is 0 Å². The number of aliphatic hydroxyl groups excluding tert-OH is 1. The van der Waals surface area contributed by atoms with Gasteiger partial charge >= 0.3 is 0 Å². The van der Waals surface area contributed by atoms with Crippen molar-refractivity contribution in [2.75, 3.05) is 6.79 Å². The molecule has 0 bridgehead atoms. The standard InChI is InChI=1S/C21H16N2O3/c24-20(16-7-8-18-19(10-16)26-12-25-18)21-22-11-17(23-21)15-6-5-13-3-1-2-4-14(13)9-15/h1-11,20,24H,12H2,(H,22,23). The number of hydrogen-bond donors (Lipinski definition) is 2. The number of imidazole rings is 1. The number of ether oxygens (including phenoxy) is 2. The van der Waals surface area contributed by atoms with Gasteiger partial charge < -0.3 is 19.6 Å². The molecule has 1 aromatic heterocycles. The summed E-state index contributed by atoms with van der Waals surface area (Å²) in [5.74, 6) is 1.83. The largest absolute Gasteiger partial charge is 0.454 e. The highest BCUT2D eigenvalue weighted by Crippen LogP contribution is 2.35. The number of aromatic nitrogens is 2. The molecule has 0 spiro atoms. The number of aromatic amines is 1. The Morgan fingerprint density at radius 2 is 1.77 bits per heavy atom. The van der Waals surface area contributed by atoms with Crippen molar-refractivity contribution < 1.29 is 14.6 Å². The van der Waals surface area contributed by atoms with E-state index in [-0.39, 0.29) is 6.79 Å². The van der Waals surface area contributed by atoms with E-state index < -0.39 is 6.10 Å². The smallest absolute Gasteiger partial charge is 0.231 e. The maximum absolute atomic E-state index is 10.7. The Kier molecular flexibility index (Phi) is 3.40. The molecule has 128 valence electrons. The number of aliphatic hydroxyl groups is 1. The first kappa shape index (κ1) is 15.0. The maximum Gasteiger partial charge on any atom is 0.231 e. The molecule has 0 radical (unpaired) electrons. The molecule has 1 aliphatic rings. The predicted octanol–water partition coefficient (Wildman–Crippen LogP) is 4.04. The Labute approximate surface area is 149 Å². The average molecular weight is 344 g/mol. The van der Waals surface area contributed by atoms with E-state index in [9.17, 15) is 5.11 Å². The van der Waals surface area contributed by atoms with E-state index in [0.29, 0.717) is 22.9 Å². The Bertz CT molecular complexity index is 1100. The van der Waals surface area contributed by atoms with E-state index in [1.807, 2.05) is 24.3 Å². The summed E-state index contributed by atoms with van der Waals surface area (Å²) in [6, 6.07) is 19.9. The van der Waals surface area contributed by atoms with Gasteiger partial charge in [0, 0.05) is 5.56 Å². The lowest BCUT2D eigenvalue weighted by Gasteiger charge is -2.09. The summed E-state index contributed by atoms with van der Waals surface area (Å²) in [6.07, 6.45) is 0.883. The zero-order valence-electron chi connectivity index (χ0n) is 13.8. The van der Waals surface area contributed by atoms with Gasteiger partial charge in [0.2, 0.25) is 6.79 Å². The van der Waals surface area contributed by atoms with Crippen LogP contribution in [0.3, 0.4) is 0 Å². The van der Waals surface area contributed by atoms with Crippen molar-refractivity contribution in [1.82, 2.24) is 9.97 Å². The van der Waals surface area contributed by atoms with Crippen LogP contribution < -0.4 is 9.47 Å². The molecular weight excluding hydrogens is 328 g/mol. The summed E-state index contributed by atoms with van der Waals surface area (Å²) in [7, 11) is 0. The van der Waals surface area contributed by atoms with Gasteiger partial charge in [-0.05, 0) is 34.5 Å². The monoisotopic (exact) mass is 344 g/mol. The molecule has 3 aromatic carbocycles. The van der Waals surface area contributed by atoms with Gasteiger partial charge in [-0.15, -0.1) is 0 Å². The van der Waals surface area contributed by atoms with Crippen molar-refractivity contribution in [1.29, 1.82) is 0 Å². The van der Waals surface area contributed by atoms with Crippen LogP contribution in [0.25, 0.3) is 22.0 Å². The number of fused-ring (bicyclic) bond motifs is 2. The van der Waals surface area contributed by atoms with Crippen molar-refractivity contribution in [3.05, 3.63) is 78.2 Å². The summed E-state index contributed by atoms with van der Waals surface area (Å²) >= 11 is 0. The molecule has 5 nitrogen and oxygen atoms in total. The Balaban J connectivity index is 1.47. The quantitative estimate of drug-likeness (QED) is 0.589. The lowest BCUT2D eigenvalue weighted by atomic mass is 10.1. The molecule has 5 rings (SSSR count). The Morgan fingerprint density at radius 3 is 2.69 bits per heavy atom. The third-order valence-electron chi connectivity index (χ3n) is 4.63. The highest BCUT2D eigenvalue weighted by atomic mass is 16.7. The van der Waals surface area contributed by atoms with Crippen LogP contribution in [0, 0.1) is 0 Å². The summed E-state index contributed by atoms with van der Waals surface area (Å²) < 4.78 is 10.7. The lowest BCUT2D eigenvalue weighted by molar-refractivity contribution is 0.173. The van der Waals surface area contributed by atoms with Crippen molar-refractivity contribution in [2.24, 2.45) is 0 Å². The van der Waals surface area contributed by atoms with Crippen LogP contribution in [-0.2, 0) is 0 Å².